The molecule has 7 nitrogen and oxygen atoms in total. The van der Waals surface area contributed by atoms with Gasteiger partial charge in [-0.2, -0.15) is 5.10 Å². The molecule has 27 heavy (non-hydrogen) atoms. The minimum absolute atomic E-state index is 0.109. The molecule has 138 valence electrons. The summed E-state index contributed by atoms with van der Waals surface area (Å²) in [5.74, 6) is -0.0474. The molecule has 3 aromatic rings. The van der Waals surface area contributed by atoms with Gasteiger partial charge in [-0.15, -0.1) is 0 Å². The molecule has 2 aromatic heterocycles. The Morgan fingerprint density at radius 2 is 2.11 bits per heavy atom. The smallest absolute Gasteiger partial charge is 0.251 e. The monoisotopic (exact) mass is 363 g/mol. The van der Waals surface area contributed by atoms with Gasteiger partial charge in [-0.25, -0.2) is 9.50 Å². The molecule has 0 spiro atoms. The number of benzene rings is 1. The Kier molecular flexibility index (Phi) is 4.58. The van der Waals surface area contributed by atoms with Gasteiger partial charge in [-0.3, -0.25) is 9.59 Å². The molecule has 4 rings (SSSR count). The Morgan fingerprint density at radius 3 is 2.89 bits per heavy atom. The molecular weight excluding hydrogens is 342 g/mol. The van der Waals surface area contributed by atoms with E-state index in [1.807, 2.05) is 36.2 Å². The first-order valence-corrected chi connectivity index (χ1v) is 9.13. The second-order valence-electron chi connectivity index (χ2n) is 6.74. The lowest BCUT2D eigenvalue weighted by Gasteiger charge is -2.16. The Morgan fingerprint density at radius 1 is 1.30 bits per heavy atom. The number of aromatic nitrogens is 3. The van der Waals surface area contributed by atoms with Crippen molar-refractivity contribution in [1.82, 2.24) is 24.8 Å². The molecule has 1 aliphatic heterocycles. The van der Waals surface area contributed by atoms with Crippen LogP contribution in [0.3, 0.4) is 0 Å². The fourth-order valence-corrected chi connectivity index (χ4v) is 3.46. The number of carbonyl (C=O) groups excluding carboxylic acids is 2. The van der Waals surface area contributed by atoms with Crippen LogP contribution in [-0.2, 0) is 4.79 Å². The SMILES string of the molecule is CCCN1C[C@@H](NC(=O)c2ccc(-c3cnn4cccnc34)cc2)CC1=O. The molecule has 3 heterocycles. The molecule has 0 unspecified atom stereocenters. The summed E-state index contributed by atoms with van der Waals surface area (Å²) in [4.78, 5) is 30.6. The van der Waals surface area contributed by atoms with Crippen LogP contribution in [0.1, 0.15) is 30.1 Å². The van der Waals surface area contributed by atoms with Crippen LogP contribution in [0.15, 0.2) is 48.9 Å². The number of hydrogen-bond acceptors (Lipinski definition) is 4. The first-order chi connectivity index (χ1) is 13.2. The molecule has 0 bridgehead atoms. The lowest BCUT2D eigenvalue weighted by Crippen LogP contribution is -2.37. The molecule has 1 fully saturated rings. The van der Waals surface area contributed by atoms with Crippen LogP contribution in [-0.4, -0.2) is 50.4 Å². The number of hydrogen-bond donors (Lipinski definition) is 1. The second kappa shape index (κ2) is 7.19. The predicted octanol–water partition coefficient (Wildman–Crippen LogP) is 2.14. The third-order valence-electron chi connectivity index (χ3n) is 4.78. The van der Waals surface area contributed by atoms with Crippen LogP contribution < -0.4 is 5.32 Å². The molecule has 0 radical (unpaired) electrons. The van der Waals surface area contributed by atoms with Crippen molar-refractivity contribution in [2.45, 2.75) is 25.8 Å². The summed E-state index contributed by atoms with van der Waals surface area (Å²) in [6.45, 7) is 3.37. The van der Waals surface area contributed by atoms with Crippen molar-refractivity contribution >= 4 is 17.5 Å². The molecule has 0 saturated carbocycles. The number of nitrogens with zero attached hydrogens (tertiary/aromatic N) is 4. The lowest BCUT2D eigenvalue weighted by molar-refractivity contribution is -0.127. The van der Waals surface area contributed by atoms with Gasteiger partial charge in [-0.05, 0) is 30.2 Å². The van der Waals surface area contributed by atoms with Crippen molar-refractivity contribution in [1.29, 1.82) is 0 Å². The van der Waals surface area contributed by atoms with E-state index in [2.05, 4.69) is 15.4 Å². The van der Waals surface area contributed by atoms with Gasteiger partial charge in [0.1, 0.15) is 0 Å². The van der Waals surface area contributed by atoms with E-state index >= 15 is 0 Å². The number of likely N-dealkylation sites (tertiary alicyclic amines) is 1. The molecular formula is C20H21N5O2. The Balaban J connectivity index is 1.46. The third kappa shape index (κ3) is 3.40. The minimum atomic E-state index is -0.157. The van der Waals surface area contributed by atoms with E-state index in [1.165, 1.54) is 0 Å². The molecule has 7 heteroatoms. The molecule has 1 saturated heterocycles. The third-order valence-corrected chi connectivity index (χ3v) is 4.78. The van der Waals surface area contributed by atoms with Crippen molar-refractivity contribution in [2.24, 2.45) is 0 Å². The highest BCUT2D eigenvalue weighted by Gasteiger charge is 2.30. The van der Waals surface area contributed by atoms with Crippen LogP contribution in [0.5, 0.6) is 0 Å². The van der Waals surface area contributed by atoms with Crippen LogP contribution in [0, 0.1) is 0 Å². The van der Waals surface area contributed by atoms with E-state index in [0.717, 1.165) is 29.7 Å². The van der Waals surface area contributed by atoms with Gasteiger partial charge in [0.25, 0.3) is 5.91 Å². The fourth-order valence-electron chi connectivity index (χ4n) is 3.46. The van der Waals surface area contributed by atoms with Crippen molar-refractivity contribution < 1.29 is 9.59 Å². The van der Waals surface area contributed by atoms with Crippen molar-refractivity contribution in [3.63, 3.8) is 0 Å². The van der Waals surface area contributed by atoms with E-state index in [-0.39, 0.29) is 17.9 Å². The summed E-state index contributed by atoms with van der Waals surface area (Å²) in [7, 11) is 0. The molecule has 1 aromatic carbocycles. The van der Waals surface area contributed by atoms with E-state index in [1.54, 1.807) is 29.0 Å². The summed E-state index contributed by atoms with van der Waals surface area (Å²) in [5, 5.41) is 7.26. The lowest BCUT2D eigenvalue weighted by atomic mass is 10.1. The summed E-state index contributed by atoms with van der Waals surface area (Å²) >= 11 is 0. The molecule has 2 amide bonds. The summed E-state index contributed by atoms with van der Waals surface area (Å²) in [6.07, 6.45) is 6.64. The average molecular weight is 363 g/mol. The molecule has 1 aliphatic rings. The highest BCUT2D eigenvalue weighted by Crippen LogP contribution is 2.23. The Bertz CT molecular complexity index is 979. The van der Waals surface area contributed by atoms with Crippen LogP contribution in [0.4, 0.5) is 0 Å². The van der Waals surface area contributed by atoms with Crippen molar-refractivity contribution in [2.75, 3.05) is 13.1 Å². The number of nitrogens with one attached hydrogen (secondary N) is 1. The maximum Gasteiger partial charge on any atom is 0.251 e. The van der Waals surface area contributed by atoms with Crippen LogP contribution in [0.25, 0.3) is 16.8 Å². The predicted molar refractivity (Wildman–Crippen MR) is 101 cm³/mol. The topological polar surface area (TPSA) is 79.6 Å². The molecule has 0 aliphatic carbocycles. The maximum absolute atomic E-state index is 12.5. The van der Waals surface area contributed by atoms with Gasteiger partial charge < -0.3 is 10.2 Å². The van der Waals surface area contributed by atoms with Gasteiger partial charge in [0.15, 0.2) is 5.65 Å². The van der Waals surface area contributed by atoms with Gasteiger partial charge in [0, 0.05) is 43.0 Å². The number of fused-ring (bicyclic) bond motifs is 1. The molecule has 1 atom stereocenters. The van der Waals surface area contributed by atoms with E-state index in [0.29, 0.717) is 18.5 Å². The quantitative estimate of drug-likeness (QED) is 0.753. The van der Waals surface area contributed by atoms with Crippen molar-refractivity contribution in [3.05, 3.63) is 54.5 Å². The van der Waals surface area contributed by atoms with Gasteiger partial charge in [0.2, 0.25) is 5.91 Å². The zero-order chi connectivity index (χ0) is 18.8. The maximum atomic E-state index is 12.5. The summed E-state index contributed by atoms with van der Waals surface area (Å²) < 4.78 is 1.72. The largest absolute Gasteiger partial charge is 0.347 e. The number of carbonyl (C=O) groups is 2. The van der Waals surface area contributed by atoms with E-state index in [9.17, 15) is 9.59 Å². The van der Waals surface area contributed by atoms with Gasteiger partial charge in [0.05, 0.1) is 12.2 Å². The first-order valence-electron chi connectivity index (χ1n) is 9.13. The van der Waals surface area contributed by atoms with Gasteiger partial charge in [-0.1, -0.05) is 19.1 Å². The van der Waals surface area contributed by atoms with E-state index < -0.39 is 0 Å². The van der Waals surface area contributed by atoms with Crippen molar-refractivity contribution in [3.8, 4) is 11.1 Å². The first kappa shape index (κ1) is 17.2. The Labute approximate surface area is 157 Å². The highest BCUT2D eigenvalue weighted by atomic mass is 16.2. The Hall–Kier alpha value is -3.22. The zero-order valence-corrected chi connectivity index (χ0v) is 15.1. The van der Waals surface area contributed by atoms with Crippen LogP contribution >= 0.6 is 0 Å². The zero-order valence-electron chi connectivity index (χ0n) is 15.1. The highest BCUT2D eigenvalue weighted by molar-refractivity contribution is 5.95. The van der Waals surface area contributed by atoms with Gasteiger partial charge >= 0.3 is 0 Å². The van der Waals surface area contributed by atoms with E-state index in [4.69, 9.17) is 0 Å². The fraction of sp³-hybridized carbons (Fsp3) is 0.300. The average Bonchev–Trinajstić information content (AvgIpc) is 3.26. The standard InChI is InChI=1S/C20H21N5O2/c1-2-9-24-13-16(11-18(24)26)23-20(27)15-6-4-14(5-7-15)17-12-22-25-10-3-8-21-19(17)25/h3-8,10,12,16H,2,9,11,13H2,1H3,(H,23,27)/t16-/m0/s1. The number of rotatable bonds is 5. The minimum Gasteiger partial charge on any atom is -0.347 e. The van der Waals surface area contributed by atoms with Crippen LogP contribution in [0.2, 0.25) is 0 Å². The summed E-state index contributed by atoms with van der Waals surface area (Å²) in [5.41, 5.74) is 3.21. The number of amides is 2. The second-order valence-corrected chi connectivity index (χ2v) is 6.74. The normalized spacial score (nSPS) is 16.9. The summed E-state index contributed by atoms with van der Waals surface area (Å²) in [6, 6.07) is 9.07. The molecule has 1 N–H and O–H groups in total.